The van der Waals surface area contributed by atoms with Gasteiger partial charge in [-0.05, 0) is 18.9 Å². The van der Waals surface area contributed by atoms with Gasteiger partial charge in [-0.3, -0.25) is 5.14 Å². The van der Waals surface area contributed by atoms with E-state index in [1.165, 1.54) is 0 Å². The van der Waals surface area contributed by atoms with Gasteiger partial charge in [-0.1, -0.05) is 18.2 Å². The molecule has 0 aliphatic heterocycles. The molecule has 0 unspecified atom stereocenters. The Kier molecular flexibility index (Phi) is 3.95. The topological polar surface area (TPSA) is 38.4 Å². The third-order valence-electron chi connectivity index (χ3n) is 0.449. The molecule has 0 heterocycles. The van der Waals surface area contributed by atoms with Crippen LogP contribution >= 0.6 is 23.5 Å². The molecule has 0 saturated heterocycles. The Morgan fingerprint density at radius 2 is 2.38 bits per heavy atom. The molecule has 2 N–H and O–H groups in total. The van der Waals surface area contributed by atoms with Crippen LogP contribution in [0.1, 0.15) is 6.92 Å². The van der Waals surface area contributed by atoms with Gasteiger partial charge in [0.25, 0.3) is 0 Å². The molecule has 0 rings (SSSR count). The molecule has 0 aliphatic rings. The van der Waals surface area contributed by atoms with Gasteiger partial charge in [0, 0.05) is 0 Å². The van der Waals surface area contributed by atoms with Crippen LogP contribution in [0.4, 0.5) is 0 Å². The van der Waals surface area contributed by atoms with Crippen molar-refractivity contribution in [1.29, 1.82) is 0 Å². The summed E-state index contributed by atoms with van der Waals surface area (Å²) in [5.41, 5.74) is 0. The van der Waals surface area contributed by atoms with Crippen molar-refractivity contribution in [3.8, 4) is 0 Å². The first-order chi connectivity index (χ1) is 3.66. The largest absolute Gasteiger partial charge is 0.273 e. The van der Waals surface area contributed by atoms with Crippen LogP contribution in [-0.2, 0) is 0 Å². The molecule has 2 nitrogen and oxygen atoms in total. The van der Waals surface area contributed by atoms with Gasteiger partial charge in [-0.2, -0.15) is 0 Å². The van der Waals surface area contributed by atoms with E-state index < -0.39 is 0 Å². The molecule has 0 aliphatic carbocycles. The van der Waals surface area contributed by atoms with Gasteiger partial charge < -0.3 is 0 Å². The summed E-state index contributed by atoms with van der Waals surface area (Å²) in [6.45, 7) is 5.11. The van der Waals surface area contributed by atoms with E-state index in [4.69, 9.17) is 16.7 Å². The summed E-state index contributed by atoms with van der Waals surface area (Å²) in [6, 6.07) is 0. The summed E-state index contributed by atoms with van der Waals surface area (Å²) < 4.78 is 0. The molecule has 0 saturated carbocycles. The van der Waals surface area contributed by atoms with E-state index >= 15 is 0 Å². The van der Waals surface area contributed by atoms with Crippen LogP contribution in [0.3, 0.4) is 0 Å². The normalized spacial score (nSPS) is 11.6. The number of hydrogen-bond donors (Lipinski definition) is 1. The highest BCUT2D eigenvalue weighted by atomic mass is 35.5. The van der Waals surface area contributed by atoms with Crippen molar-refractivity contribution in [3.63, 3.8) is 0 Å². The Morgan fingerprint density at radius 1 is 1.88 bits per heavy atom. The van der Waals surface area contributed by atoms with Crippen molar-refractivity contribution in [2.75, 3.05) is 0 Å². The minimum absolute atomic E-state index is 0.264. The maximum absolute atomic E-state index is 5.30. The quantitative estimate of drug-likeness (QED) is 0.268. The molecular formula is C4H7ClN2S. The smallest absolute Gasteiger partial charge is 0.122 e. The maximum atomic E-state index is 5.30. The molecule has 0 fully saturated rings. The molecule has 0 spiro atoms. The summed E-state index contributed by atoms with van der Waals surface area (Å²) >= 11 is 6.36. The summed E-state index contributed by atoms with van der Waals surface area (Å²) in [5, 5.41) is 6.08. The van der Waals surface area contributed by atoms with Crippen LogP contribution in [0.2, 0.25) is 0 Å². The number of rotatable bonds is 1. The van der Waals surface area contributed by atoms with Crippen molar-refractivity contribution >= 4 is 28.6 Å². The lowest BCUT2D eigenvalue weighted by Gasteiger charge is -1.88. The maximum Gasteiger partial charge on any atom is 0.122 e. The third-order valence-corrected chi connectivity index (χ3v) is 0.966. The molecule has 46 valence electrons. The second-order valence-electron chi connectivity index (χ2n) is 1.12. The SMILES string of the molecule is C=C(Cl)/N=C(/C)SN. The van der Waals surface area contributed by atoms with E-state index in [0.29, 0.717) is 5.04 Å². The zero-order chi connectivity index (χ0) is 6.57. The predicted octanol–water partition coefficient (Wildman–Crippen LogP) is 1.72. The predicted molar refractivity (Wildman–Crippen MR) is 39.9 cm³/mol. The number of halogens is 1. The van der Waals surface area contributed by atoms with Gasteiger partial charge in [-0.25, -0.2) is 4.99 Å². The standard InChI is InChI=1S/C4H7ClN2S/c1-3(5)7-4(2)8-6/h1,6H2,2H3/b7-4-. The molecule has 0 aromatic heterocycles. The highest BCUT2D eigenvalue weighted by molar-refractivity contribution is 8.11. The average Bonchev–Trinajstić information content (AvgIpc) is 1.65. The minimum atomic E-state index is 0.264. The number of nitrogens with two attached hydrogens (primary N) is 1. The van der Waals surface area contributed by atoms with Gasteiger partial charge in [0.1, 0.15) is 5.16 Å². The Bertz CT molecular complexity index is 121. The monoisotopic (exact) mass is 150 g/mol. The second kappa shape index (κ2) is 3.95. The van der Waals surface area contributed by atoms with Gasteiger partial charge >= 0.3 is 0 Å². The molecule has 8 heavy (non-hydrogen) atoms. The van der Waals surface area contributed by atoms with Crippen molar-refractivity contribution < 1.29 is 0 Å². The van der Waals surface area contributed by atoms with Gasteiger partial charge in [0.05, 0.1) is 5.04 Å². The van der Waals surface area contributed by atoms with Crippen LogP contribution in [0.5, 0.6) is 0 Å². The van der Waals surface area contributed by atoms with Crippen molar-refractivity contribution in [2.45, 2.75) is 6.92 Å². The Balaban J connectivity index is 3.75. The Hall–Kier alpha value is 0.01000. The lowest BCUT2D eigenvalue weighted by atomic mass is 10.8. The highest BCUT2D eigenvalue weighted by Gasteiger charge is 1.84. The lowest BCUT2D eigenvalue weighted by molar-refractivity contribution is 1.54. The van der Waals surface area contributed by atoms with Crippen molar-refractivity contribution in [3.05, 3.63) is 11.7 Å². The first kappa shape index (κ1) is 8.01. The fourth-order valence-corrected chi connectivity index (χ4v) is 0.537. The molecule has 0 bridgehead atoms. The van der Waals surface area contributed by atoms with Crippen LogP contribution in [0.15, 0.2) is 16.7 Å². The molecule has 0 amide bonds. The van der Waals surface area contributed by atoms with E-state index in [2.05, 4.69) is 11.6 Å². The number of nitrogens with zero attached hydrogens (tertiary/aromatic N) is 1. The van der Waals surface area contributed by atoms with Crippen molar-refractivity contribution in [1.82, 2.24) is 0 Å². The zero-order valence-electron chi connectivity index (χ0n) is 4.52. The third kappa shape index (κ3) is 4.18. The van der Waals surface area contributed by atoms with Crippen molar-refractivity contribution in [2.24, 2.45) is 10.1 Å². The number of hydrogen-bond acceptors (Lipinski definition) is 3. The lowest BCUT2D eigenvalue weighted by Crippen LogP contribution is -1.88. The molecule has 0 aromatic carbocycles. The van der Waals surface area contributed by atoms with Crippen LogP contribution in [0, 0.1) is 0 Å². The van der Waals surface area contributed by atoms with Gasteiger partial charge in [-0.15, -0.1) is 0 Å². The summed E-state index contributed by atoms with van der Waals surface area (Å²) in [5.74, 6) is 0. The van der Waals surface area contributed by atoms with E-state index in [9.17, 15) is 0 Å². The first-order valence-corrected chi connectivity index (χ1v) is 3.19. The average molecular weight is 151 g/mol. The van der Waals surface area contributed by atoms with Crippen LogP contribution in [-0.4, -0.2) is 5.04 Å². The van der Waals surface area contributed by atoms with E-state index in [1.54, 1.807) is 6.92 Å². The fourth-order valence-electron chi connectivity index (χ4n) is 0.197. The number of aliphatic imine (C=N–C) groups is 1. The summed E-state index contributed by atoms with van der Waals surface area (Å²) in [6.07, 6.45) is 0. The van der Waals surface area contributed by atoms with Gasteiger partial charge in [0.2, 0.25) is 0 Å². The first-order valence-electron chi connectivity index (χ1n) is 1.93. The molecular weight excluding hydrogens is 144 g/mol. The van der Waals surface area contributed by atoms with Gasteiger partial charge in [0.15, 0.2) is 0 Å². The minimum Gasteiger partial charge on any atom is -0.273 e. The molecule has 0 aromatic rings. The highest BCUT2D eigenvalue weighted by Crippen LogP contribution is 2.02. The van der Waals surface area contributed by atoms with E-state index in [0.717, 1.165) is 11.9 Å². The molecule has 0 radical (unpaired) electrons. The van der Waals surface area contributed by atoms with E-state index in [1.807, 2.05) is 0 Å². The zero-order valence-corrected chi connectivity index (χ0v) is 6.09. The molecule has 0 atom stereocenters. The van der Waals surface area contributed by atoms with Crippen LogP contribution in [0.25, 0.3) is 0 Å². The molecule has 4 heteroatoms. The Labute approximate surface area is 57.9 Å². The fraction of sp³-hybridized carbons (Fsp3) is 0.250. The summed E-state index contributed by atoms with van der Waals surface area (Å²) in [4.78, 5) is 3.72. The second-order valence-corrected chi connectivity index (χ2v) is 2.39. The van der Waals surface area contributed by atoms with Crippen LogP contribution < -0.4 is 5.14 Å². The Morgan fingerprint density at radius 3 is 2.50 bits per heavy atom. The van der Waals surface area contributed by atoms with E-state index in [-0.39, 0.29) is 5.16 Å². The summed E-state index contributed by atoms with van der Waals surface area (Å²) in [7, 11) is 0.